The molecule has 2 N–H and O–H groups in total. The minimum absolute atomic E-state index is 0.127. The zero-order valence-corrected chi connectivity index (χ0v) is 19.6. The van der Waals surface area contributed by atoms with E-state index < -0.39 is 17.7 Å². The molecule has 0 atom stereocenters. The van der Waals surface area contributed by atoms with Crippen LogP contribution in [0.25, 0.3) is 16.5 Å². The van der Waals surface area contributed by atoms with Gasteiger partial charge < -0.3 is 19.9 Å². The maximum absolute atomic E-state index is 13.1. The molecule has 37 heavy (non-hydrogen) atoms. The number of nitrogens with zero attached hydrogens (tertiary/aromatic N) is 3. The molecule has 4 aromatic rings. The number of hydrogen-bond donors (Lipinski definition) is 2. The number of fused-ring (bicyclic) bond motifs is 1. The van der Waals surface area contributed by atoms with E-state index in [0.717, 1.165) is 16.8 Å². The molecule has 0 aliphatic heterocycles. The number of aryl methyl sites for hydroxylation is 1. The van der Waals surface area contributed by atoms with Gasteiger partial charge in [-0.05, 0) is 48.9 Å². The van der Waals surface area contributed by atoms with Crippen LogP contribution in [-0.2, 0) is 11.3 Å². The predicted molar refractivity (Wildman–Crippen MR) is 131 cm³/mol. The Balaban J connectivity index is 1.70. The third-order valence-corrected chi connectivity index (χ3v) is 5.47. The maximum atomic E-state index is 13.1. The first-order chi connectivity index (χ1) is 17.7. The Hall–Kier alpha value is -4.61. The molecule has 2 heterocycles. The maximum Gasteiger partial charge on any atom is 0.573 e. The average Bonchev–Trinajstić information content (AvgIpc) is 2.87. The molecule has 2 aromatic carbocycles. The summed E-state index contributed by atoms with van der Waals surface area (Å²) in [6, 6.07) is 14.6. The first-order valence-electron chi connectivity index (χ1n) is 11.2. The molecule has 0 saturated heterocycles. The normalized spacial score (nSPS) is 11.4. The van der Waals surface area contributed by atoms with E-state index in [1.165, 1.54) is 16.7 Å². The van der Waals surface area contributed by atoms with Gasteiger partial charge in [0.05, 0.1) is 11.1 Å². The van der Waals surface area contributed by atoms with Gasteiger partial charge in [0.2, 0.25) is 5.91 Å². The first-order valence-corrected chi connectivity index (χ1v) is 11.2. The second-order valence-corrected chi connectivity index (χ2v) is 7.97. The number of carbonyl (C=O) groups is 1. The van der Waals surface area contributed by atoms with Crippen molar-refractivity contribution in [3.63, 3.8) is 0 Å². The highest BCUT2D eigenvalue weighted by atomic mass is 19.4. The van der Waals surface area contributed by atoms with Gasteiger partial charge in [-0.2, -0.15) is 4.68 Å². The molecule has 0 aliphatic rings. The Morgan fingerprint density at radius 1 is 0.973 bits per heavy atom. The summed E-state index contributed by atoms with van der Waals surface area (Å²) >= 11 is 0. The Morgan fingerprint density at radius 3 is 2.35 bits per heavy atom. The summed E-state index contributed by atoms with van der Waals surface area (Å²) in [7, 11) is 1.54. The highest BCUT2D eigenvalue weighted by Gasteiger charge is 2.31. The number of halogens is 3. The number of alkyl halides is 3. The van der Waals surface area contributed by atoms with Crippen molar-refractivity contribution in [2.75, 3.05) is 12.4 Å². The van der Waals surface area contributed by atoms with Crippen molar-refractivity contribution < 1.29 is 22.7 Å². The summed E-state index contributed by atoms with van der Waals surface area (Å²) in [6.45, 7) is 0.321. The summed E-state index contributed by atoms with van der Waals surface area (Å²) in [5, 5.41) is 10.6. The molecular weight excluding hydrogens is 491 g/mol. The lowest BCUT2D eigenvalue weighted by molar-refractivity contribution is -0.274. The quantitative estimate of drug-likeness (QED) is 0.372. The fourth-order valence-electron chi connectivity index (χ4n) is 3.72. The summed E-state index contributed by atoms with van der Waals surface area (Å²) in [5.74, 6) is -0.367. The van der Waals surface area contributed by atoms with Crippen LogP contribution in [0.1, 0.15) is 12.8 Å². The van der Waals surface area contributed by atoms with Crippen LogP contribution in [0.15, 0.2) is 76.4 Å². The number of pyridine rings is 1. The van der Waals surface area contributed by atoms with Gasteiger partial charge in [-0.25, -0.2) is 0 Å². The molecule has 0 saturated carbocycles. The van der Waals surface area contributed by atoms with Crippen molar-refractivity contribution >= 4 is 28.2 Å². The van der Waals surface area contributed by atoms with E-state index in [2.05, 4.69) is 20.5 Å². The molecule has 0 bridgehead atoms. The van der Waals surface area contributed by atoms with Crippen LogP contribution in [0.2, 0.25) is 0 Å². The van der Waals surface area contributed by atoms with E-state index in [1.807, 2.05) is 0 Å². The Kier molecular flexibility index (Phi) is 7.27. The second kappa shape index (κ2) is 10.6. The lowest BCUT2D eigenvalue weighted by atomic mass is 10.2. The highest BCUT2D eigenvalue weighted by Crippen LogP contribution is 2.25. The number of carbonyl (C=O) groups excluding carboxylic acids is 1. The van der Waals surface area contributed by atoms with Gasteiger partial charge >= 0.3 is 6.36 Å². The topological polar surface area (TPSA) is 107 Å². The van der Waals surface area contributed by atoms with E-state index >= 15 is 0 Å². The first kappa shape index (κ1) is 25.5. The molecule has 0 fully saturated rings. The molecule has 1 amide bonds. The SMILES string of the molecule is CNC(=O)CCCn1cccc(Nc2nn(-c3ccc(OC(F)(F)F)cc3)c(=O)c3ccccc23)c1=O. The molecular formula is C25H22F3N5O4. The number of rotatable bonds is 8. The van der Waals surface area contributed by atoms with E-state index in [0.29, 0.717) is 18.4 Å². The highest BCUT2D eigenvalue weighted by molar-refractivity contribution is 5.92. The van der Waals surface area contributed by atoms with Crippen molar-refractivity contribution in [3.05, 3.63) is 87.6 Å². The molecule has 0 unspecified atom stereocenters. The zero-order chi connectivity index (χ0) is 26.6. The lowest BCUT2D eigenvalue weighted by Crippen LogP contribution is -2.25. The predicted octanol–water partition coefficient (Wildman–Crippen LogP) is 3.72. The van der Waals surface area contributed by atoms with Crippen molar-refractivity contribution in [1.29, 1.82) is 0 Å². The molecule has 12 heteroatoms. The second-order valence-electron chi connectivity index (χ2n) is 7.97. The molecule has 0 spiro atoms. The number of amides is 1. The van der Waals surface area contributed by atoms with Crippen LogP contribution in [0.5, 0.6) is 5.75 Å². The molecule has 0 radical (unpaired) electrons. The largest absolute Gasteiger partial charge is 0.573 e. The smallest absolute Gasteiger partial charge is 0.406 e. The summed E-state index contributed by atoms with van der Waals surface area (Å²) in [6.07, 6.45) is -2.51. The Morgan fingerprint density at radius 2 is 1.68 bits per heavy atom. The fourth-order valence-corrected chi connectivity index (χ4v) is 3.72. The van der Waals surface area contributed by atoms with Crippen LogP contribution in [0.3, 0.4) is 0 Å². The van der Waals surface area contributed by atoms with Gasteiger partial charge in [0.15, 0.2) is 5.82 Å². The van der Waals surface area contributed by atoms with E-state index in [4.69, 9.17) is 0 Å². The summed E-state index contributed by atoms with van der Waals surface area (Å²) in [4.78, 5) is 37.6. The molecule has 9 nitrogen and oxygen atoms in total. The van der Waals surface area contributed by atoms with E-state index in [1.54, 1.807) is 49.6 Å². The van der Waals surface area contributed by atoms with Gasteiger partial charge in [0.1, 0.15) is 11.4 Å². The summed E-state index contributed by atoms with van der Waals surface area (Å²) < 4.78 is 43.9. The van der Waals surface area contributed by atoms with Crippen molar-refractivity contribution in [2.24, 2.45) is 0 Å². The van der Waals surface area contributed by atoms with Gasteiger partial charge in [-0.15, -0.1) is 18.3 Å². The number of aromatic nitrogens is 3. The third kappa shape index (κ3) is 5.97. The van der Waals surface area contributed by atoms with Gasteiger partial charge in [0, 0.05) is 31.6 Å². The van der Waals surface area contributed by atoms with E-state index in [-0.39, 0.29) is 40.5 Å². The van der Waals surface area contributed by atoms with Gasteiger partial charge in [0.25, 0.3) is 11.1 Å². The number of hydrogen-bond acceptors (Lipinski definition) is 6. The minimum Gasteiger partial charge on any atom is -0.406 e. The fraction of sp³-hybridized carbons (Fsp3) is 0.200. The number of benzene rings is 2. The standard InChI is InChI=1S/C25H22F3N5O4/c1-29-21(34)9-5-15-32-14-4-8-20(24(32)36)30-22-18-6-2-3-7-19(18)23(35)33(31-22)16-10-12-17(13-11-16)37-25(26,27)28/h2-4,6-8,10-14H,5,9,15H2,1H3,(H,29,34)(H,30,31). The summed E-state index contributed by atoms with van der Waals surface area (Å²) in [5.41, 5.74) is -0.450. The van der Waals surface area contributed by atoms with E-state index in [9.17, 15) is 27.6 Å². The number of nitrogens with one attached hydrogen (secondary N) is 2. The minimum atomic E-state index is -4.85. The average molecular weight is 513 g/mol. The zero-order valence-electron chi connectivity index (χ0n) is 19.6. The molecule has 4 rings (SSSR count). The van der Waals surface area contributed by atoms with Crippen LogP contribution < -0.4 is 26.5 Å². The van der Waals surface area contributed by atoms with Gasteiger partial charge in [-0.1, -0.05) is 18.2 Å². The number of ether oxygens (including phenoxy) is 1. The molecule has 2 aromatic heterocycles. The Bertz CT molecular complexity index is 1550. The lowest BCUT2D eigenvalue weighted by Gasteiger charge is -2.14. The van der Waals surface area contributed by atoms with Gasteiger partial charge in [-0.3, -0.25) is 14.4 Å². The monoisotopic (exact) mass is 513 g/mol. The van der Waals surface area contributed by atoms with Crippen molar-refractivity contribution in [3.8, 4) is 11.4 Å². The third-order valence-electron chi connectivity index (χ3n) is 5.47. The molecule has 192 valence electrons. The van der Waals surface area contributed by atoms with Crippen LogP contribution >= 0.6 is 0 Å². The van der Waals surface area contributed by atoms with Crippen LogP contribution in [0, 0.1) is 0 Å². The Labute approximate surface area is 208 Å². The van der Waals surface area contributed by atoms with Crippen molar-refractivity contribution in [2.45, 2.75) is 25.7 Å². The van der Waals surface area contributed by atoms with Crippen LogP contribution in [0.4, 0.5) is 24.7 Å². The molecule has 0 aliphatic carbocycles. The number of anilines is 2. The van der Waals surface area contributed by atoms with Crippen molar-refractivity contribution in [1.82, 2.24) is 19.7 Å². The van der Waals surface area contributed by atoms with Crippen LogP contribution in [-0.4, -0.2) is 33.7 Å².